The van der Waals surface area contributed by atoms with E-state index >= 15 is 0 Å². The number of halogens is 2. The standard InChI is InChI=1S/C15H15Cl2NS/c1-10(18)12-3-2-4-13(8-12)19-9-11-5-6-14(16)15(17)7-11/h2-8,10H,9,18H2,1H3. The highest BCUT2D eigenvalue weighted by Crippen LogP contribution is 2.28. The second-order valence-corrected chi connectivity index (χ2v) is 6.26. The average molecular weight is 312 g/mol. The Balaban J connectivity index is 2.05. The van der Waals surface area contributed by atoms with Gasteiger partial charge in [-0.3, -0.25) is 0 Å². The van der Waals surface area contributed by atoms with E-state index in [2.05, 4.69) is 12.1 Å². The molecule has 0 aromatic heterocycles. The van der Waals surface area contributed by atoms with Crippen LogP contribution < -0.4 is 5.73 Å². The van der Waals surface area contributed by atoms with Gasteiger partial charge >= 0.3 is 0 Å². The van der Waals surface area contributed by atoms with Crippen molar-refractivity contribution in [2.45, 2.75) is 23.6 Å². The highest BCUT2D eigenvalue weighted by atomic mass is 35.5. The molecule has 4 heteroatoms. The summed E-state index contributed by atoms with van der Waals surface area (Å²) in [5.41, 5.74) is 8.19. The second kappa shape index (κ2) is 6.67. The van der Waals surface area contributed by atoms with Crippen molar-refractivity contribution >= 4 is 35.0 Å². The Labute approximate surface area is 128 Å². The van der Waals surface area contributed by atoms with Gasteiger partial charge in [0, 0.05) is 16.7 Å². The molecule has 0 aliphatic heterocycles. The smallest absolute Gasteiger partial charge is 0.0595 e. The van der Waals surface area contributed by atoms with Crippen molar-refractivity contribution in [1.82, 2.24) is 0 Å². The number of hydrogen-bond donors (Lipinski definition) is 1. The lowest BCUT2D eigenvalue weighted by atomic mass is 10.1. The molecule has 1 nitrogen and oxygen atoms in total. The topological polar surface area (TPSA) is 26.0 Å². The van der Waals surface area contributed by atoms with Crippen LogP contribution in [0.2, 0.25) is 10.0 Å². The summed E-state index contributed by atoms with van der Waals surface area (Å²) in [4.78, 5) is 1.21. The average Bonchev–Trinajstić information content (AvgIpc) is 2.40. The van der Waals surface area contributed by atoms with Gasteiger partial charge in [0.2, 0.25) is 0 Å². The Bertz CT molecular complexity index is 570. The molecule has 0 bridgehead atoms. The van der Waals surface area contributed by atoms with Crippen molar-refractivity contribution in [2.24, 2.45) is 5.73 Å². The molecule has 0 heterocycles. The number of benzene rings is 2. The van der Waals surface area contributed by atoms with Crippen LogP contribution in [0.1, 0.15) is 24.1 Å². The van der Waals surface area contributed by atoms with Crippen LogP contribution in [0.15, 0.2) is 47.4 Å². The van der Waals surface area contributed by atoms with E-state index in [9.17, 15) is 0 Å². The third kappa shape index (κ3) is 4.15. The molecule has 0 saturated carbocycles. The number of thioether (sulfide) groups is 1. The lowest BCUT2D eigenvalue weighted by Gasteiger charge is -2.08. The van der Waals surface area contributed by atoms with E-state index in [0.717, 1.165) is 16.9 Å². The summed E-state index contributed by atoms with van der Waals surface area (Å²) >= 11 is 13.7. The van der Waals surface area contributed by atoms with Gasteiger partial charge in [0.15, 0.2) is 0 Å². The summed E-state index contributed by atoms with van der Waals surface area (Å²) in [6.07, 6.45) is 0. The molecule has 2 aromatic carbocycles. The monoisotopic (exact) mass is 311 g/mol. The van der Waals surface area contributed by atoms with Gasteiger partial charge in [0.1, 0.15) is 0 Å². The predicted octanol–water partition coefficient (Wildman–Crippen LogP) is 5.31. The molecular weight excluding hydrogens is 297 g/mol. The Morgan fingerprint density at radius 3 is 2.58 bits per heavy atom. The van der Waals surface area contributed by atoms with Gasteiger partial charge in [-0.05, 0) is 42.3 Å². The van der Waals surface area contributed by atoms with Crippen molar-refractivity contribution in [3.63, 3.8) is 0 Å². The fourth-order valence-electron chi connectivity index (χ4n) is 1.68. The van der Waals surface area contributed by atoms with Gasteiger partial charge in [-0.1, -0.05) is 41.4 Å². The van der Waals surface area contributed by atoms with E-state index in [1.54, 1.807) is 11.8 Å². The first-order valence-corrected chi connectivity index (χ1v) is 7.72. The first-order chi connectivity index (χ1) is 9.06. The lowest BCUT2D eigenvalue weighted by molar-refractivity contribution is 0.815. The molecule has 0 aliphatic carbocycles. The molecule has 0 amide bonds. The van der Waals surface area contributed by atoms with Gasteiger partial charge in [0.05, 0.1) is 10.0 Å². The van der Waals surface area contributed by atoms with Gasteiger partial charge in [0.25, 0.3) is 0 Å². The molecule has 100 valence electrons. The molecule has 0 aliphatic rings. The summed E-state index contributed by atoms with van der Waals surface area (Å²) in [5.74, 6) is 0.860. The van der Waals surface area contributed by atoms with Crippen molar-refractivity contribution in [1.29, 1.82) is 0 Å². The fourth-order valence-corrected chi connectivity index (χ4v) is 2.91. The summed E-state index contributed by atoms with van der Waals surface area (Å²) in [6.45, 7) is 1.99. The van der Waals surface area contributed by atoms with Gasteiger partial charge in [-0.25, -0.2) is 0 Å². The molecule has 2 rings (SSSR count). The van der Waals surface area contributed by atoms with Gasteiger partial charge in [-0.2, -0.15) is 0 Å². The summed E-state index contributed by atoms with van der Waals surface area (Å²) in [6, 6.07) is 14.1. The lowest BCUT2D eigenvalue weighted by Crippen LogP contribution is -2.04. The molecule has 1 unspecified atom stereocenters. The van der Waals surface area contributed by atoms with Crippen LogP contribution in [-0.4, -0.2) is 0 Å². The predicted molar refractivity (Wildman–Crippen MR) is 85.1 cm³/mol. The minimum atomic E-state index is 0.0607. The Morgan fingerprint density at radius 2 is 1.89 bits per heavy atom. The van der Waals surface area contributed by atoms with E-state index in [4.69, 9.17) is 28.9 Å². The Morgan fingerprint density at radius 1 is 1.11 bits per heavy atom. The molecule has 0 saturated heterocycles. The largest absolute Gasteiger partial charge is 0.324 e. The van der Waals surface area contributed by atoms with E-state index in [-0.39, 0.29) is 6.04 Å². The Kier molecular flexibility index (Phi) is 5.17. The Hall–Kier alpha value is -0.670. The van der Waals surface area contributed by atoms with E-state index in [0.29, 0.717) is 10.0 Å². The highest BCUT2D eigenvalue weighted by Gasteiger charge is 2.03. The van der Waals surface area contributed by atoms with Gasteiger partial charge in [-0.15, -0.1) is 11.8 Å². The summed E-state index contributed by atoms with van der Waals surface area (Å²) in [5, 5.41) is 1.19. The van der Waals surface area contributed by atoms with Crippen LogP contribution in [0.25, 0.3) is 0 Å². The molecule has 0 fully saturated rings. The molecule has 2 aromatic rings. The van der Waals surface area contributed by atoms with Crippen LogP contribution in [-0.2, 0) is 5.75 Å². The molecular formula is C15H15Cl2NS. The first kappa shape index (κ1) is 14.7. The van der Waals surface area contributed by atoms with Crippen molar-refractivity contribution < 1.29 is 0 Å². The van der Waals surface area contributed by atoms with Crippen LogP contribution in [0.5, 0.6) is 0 Å². The first-order valence-electron chi connectivity index (χ1n) is 5.98. The minimum absolute atomic E-state index is 0.0607. The third-order valence-electron chi connectivity index (χ3n) is 2.77. The van der Waals surface area contributed by atoms with Crippen molar-refractivity contribution in [2.75, 3.05) is 0 Å². The molecule has 19 heavy (non-hydrogen) atoms. The third-order valence-corrected chi connectivity index (χ3v) is 4.58. The second-order valence-electron chi connectivity index (χ2n) is 4.40. The van der Waals surface area contributed by atoms with Crippen LogP contribution >= 0.6 is 35.0 Å². The summed E-state index contributed by atoms with van der Waals surface area (Å²) < 4.78 is 0. The number of hydrogen-bond acceptors (Lipinski definition) is 2. The van der Waals surface area contributed by atoms with Crippen LogP contribution in [0.4, 0.5) is 0 Å². The fraction of sp³-hybridized carbons (Fsp3) is 0.200. The zero-order valence-corrected chi connectivity index (χ0v) is 12.9. The summed E-state index contributed by atoms with van der Waals surface area (Å²) in [7, 11) is 0. The number of rotatable bonds is 4. The minimum Gasteiger partial charge on any atom is -0.324 e. The maximum absolute atomic E-state index is 6.00. The van der Waals surface area contributed by atoms with E-state index in [1.165, 1.54) is 4.90 Å². The van der Waals surface area contributed by atoms with Gasteiger partial charge < -0.3 is 5.73 Å². The van der Waals surface area contributed by atoms with Crippen LogP contribution in [0, 0.1) is 0 Å². The molecule has 0 spiro atoms. The molecule has 1 atom stereocenters. The highest BCUT2D eigenvalue weighted by molar-refractivity contribution is 7.98. The molecule has 2 N–H and O–H groups in total. The van der Waals surface area contributed by atoms with Crippen molar-refractivity contribution in [3.05, 3.63) is 63.6 Å². The maximum Gasteiger partial charge on any atom is 0.0595 e. The normalized spacial score (nSPS) is 12.4. The number of nitrogens with two attached hydrogens (primary N) is 1. The zero-order valence-electron chi connectivity index (χ0n) is 10.6. The van der Waals surface area contributed by atoms with E-state index < -0.39 is 0 Å². The van der Waals surface area contributed by atoms with Crippen LogP contribution in [0.3, 0.4) is 0 Å². The maximum atomic E-state index is 6.00. The van der Waals surface area contributed by atoms with Crippen molar-refractivity contribution in [3.8, 4) is 0 Å². The SMILES string of the molecule is CC(N)c1cccc(SCc2ccc(Cl)c(Cl)c2)c1. The van der Waals surface area contributed by atoms with E-state index in [1.807, 2.05) is 37.3 Å². The zero-order chi connectivity index (χ0) is 13.8. The quantitative estimate of drug-likeness (QED) is 0.775. The molecule has 0 radical (unpaired) electrons.